The van der Waals surface area contributed by atoms with E-state index in [4.69, 9.17) is 14.0 Å². The van der Waals surface area contributed by atoms with Crippen LogP contribution in [-0.4, -0.2) is 62.7 Å². The second-order valence-electron chi connectivity index (χ2n) is 11.0. The van der Waals surface area contributed by atoms with E-state index in [1.54, 1.807) is 0 Å². The fourth-order valence-electron chi connectivity index (χ4n) is 4.56. The van der Waals surface area contributed by atoms with Gasteiger partial charge in [-0.2, -0.15) is 0 Å². The zero-order chi connectivity index (χ0) is 25.0. The van der Waals surface area contributed by atoms with Crippen molar-refractivity contribution < 1.29 is 27.2 Å². The van der Waals surface area contributed by atoms with Gasteiger partial charge < -0.3 is 19.3 Å². The van der Waals surface area contributed by atoms with Crippen molar-refractivity contribution in [1.82, 2.24) is 15.2 Å². The molecule has 1 saturated heterocycles. The summed E-state index contributed by atoms with van der Waals surface area (Å²) in [7, 11) is -3.20. The summed E-state index contributed by atoms with van der Waals surface area (Å²) < 4.78 is 42.7. The van der Waals surface area contributed by atoms with E-state index in [2.05, 4.69) is 15.2 Å². The van der Waals surface area contributed by atoms with Gasteiger partial charge in [0.15, 0.2) is 12.1 Å². The number of ether oxygens (including phenoxy) is 2. The highest BCUT2D eigenvalue weighted by molar-refractivity contribution is 7.88. The molecule has 34 heavy (non-hydrogen) atoms. The summed E-state index contributed by atoms with van der Waals surface area (Å²) in [4.78, 5) is 13.1. The van der Waals surface area contributed by atoms with E-state index in [0.29, 0.717) is 12.4 Å². The Bertz CT molecular complexity index is 913. The normalized spacial score (nSPS) is 24.8. The Morgan fingerprint density at radius 2 is 1.79 bits per heavy atom. The van der Waals surface area contributed by atoms with Crippen LogP contribution in [0.2, 0.25) is 0 Å². The summed E-state index contributed by atoms with van der Waals surface area (Å²) in [5.41, 5.74) is -0.336. The molecule has 0 radical (unpaired) electrons. The molecule has 2 heterocycles. The summed E-state index contributed by atoms with van der Waals surface area (Å²) in [6.07, 6.45) is 7.42. The van der Waals surface area contributed by atoms with Gasteiger partial charge in [-0.05, 0) is 58.8 Å². The van der Waals surface area contributed by atoms with Gasteiger partial charge in [-0.25, -0.2) is 13.1 Å². The van der Waals surface area contributed by atoms with Crippen molar-refractivity contribution in [3.8, 4) is 0 Å². The summed E-state index contributed by atoms with van der Waals surface area (Å²) in [6.45, 7) is 9.05. The van der Waals surface area contributed by atoms with Crippen LogP contribution in [-0.2, 0) is 36.1 Å². The predicted molar refractivity (Wildman–Crippen MR) is 129 cm³/mol. The molecular formula is C24H41N3O6S. The summed E-state index contributed by atoms with van der Waals surface area (Å²) in [5, 5.41) is 7.68. The number of carbonyl (C=O) groups excluding carboxylic acids is 1. The van der Waals surface area contributed by atoms with E-state index in [1.807, 2.05) is 33.8 Å². The number of hydrogen-bond acceptors (Lipinski definition) is 8. The van der Waals surface area contributed by atoms with Gasteiger partial charge in [0.1, 0.15) is 5.76 Å². The topological polar surface area (TPSA) is 120 Å². The molecule has 1 atom stereocenters. The first-order valence-electron chi connectivity index (χ1n) is 12.3. The van der Waals surface area contributed by atoms with Gasteiger partial charge in [-0.1, -0.05) is 19.0 Å². The molecule has 2 aliphatic rings. The monoisotopic (exact) mass is 499 g/mol. The number of Topliss-reactive ketones (excluding diaryl/α,β-unsaturated/α-hetero) is 1. The Kier molecular flexibility index (Phi) is 8.95. The molecule has 1 aliphatic carbocycles. The molecule has 2 fully saturated rings. The van der Waals surface area contributed by atoms with Crippen LogP contribution in [0.15, 0.2) is 10.6 Å². The van der Waals surface area contributed by atoms with E-state index in [0.717, 1.165) is 57.2 Å². The molecular weight excluding hydrogens is 458 g/mol. The lowest BCUT2D eigenvalue weighted by Crippen LogP contribution is -2.54. The maximum absolute atomic E-state index is 13.1. The first-order valence-corrected chi connectivity index (χ1v) is 14.2. The van der Waals surface area contributed by atoms with Crippen LogP contribution in [0.1, 0.15) is 84.1 Å². The van der Waals surface area contributed by atoms with Crippen molar-refractivity contribution >= 4 is 15.8 Å². The number of nitrogens with one attached hydrogen (secondary N) is 2. The van der Waals surface area contributed by atoms with E-state index in [9.17, 15) is 13.2 Å². The summed E-state index contributed by atoms with van der Waals surface area (Å²) >= 11 is 0. The maximum atomic E-state index is 13.1. The molecule has 1 unspecified atom stereocenters. The molecule has 0 bridgehead atoms. The Labute approximate surface area is 203 Å². The number of ketones is 1. The van der Waals surface area contributed by atoms with Gasteiger partial charge in [0.25, 0.3) is 0 Å². The number of nitrogens with zero attached hydrogens (tertiary/aromatic N) is 1. The zero-order valence-electron chi connectivity index (χ0n) is 21.2. The molecule has 2 N–H and O–H groups in total. The van der Waals surface area contributed by atoms with Crippen molar-refractivity contribution in [2.45, 2.75) is 108 Å². The average Bonchev–Trinajstić information content (AvgIpc) is 3.23. The molecule has 1 aromatic heterocycles. The van der Waals surface area contributed by atoms with E-state index >= 15 is 0 Å². The van der Waals surface area contributed by atoms with Crippen LogP contribution in [0.5, 0.6) is 0 Å². The van der Waals surface area contributed by atoms with Crippen LogP contribution in [0, 0.1) is 0 Å². The number of rotatable bonds is 11. The third-order valence-electron chi connectivity index (χ3n) is 6.73. The van der Waals surface area contributed by atoms with Crippen molar-refractivity contribution in [1.29, 1.82) is 0 Å². The van der Waals surface area contributed by atoms with E-state index < -0.39 is 15.6 Å². The SMILES string of the molecule is CC(C)(NC1CCC(NS(C)(=O)=O)CC1)C(=O)Cc1cc(C(C)(C)COC2CCCCO2)no1. The molecule has 1 aromatic rings. The van der Waals surface area contributed by atoms with E-state index in [1.165, 1.54) is 6.26 Å². The van der Waals surface area contributed by atoms with Crippen LogP contribution in [0.4, 0.5) is 0 Å². The van der Waals surface area contributed by atoms with Gasteiger partial charge in [0, 0.05) is 30.2 Å². The van der Waals surface area contributed by atoms with Crippen molar-refractivity contribution in [3.63, 3.8) is 0 Å². The predicted octanol–water partition coefficient (Wildman–Crippen LogP) is 2.84. The first-order chi connectivity index (χ1) is 15.8. The lowest BCUT2D eigenvalue weighted by atomic mass is 9.87. The van der Waals surface area contributed by atoms with Crippen LogP contribution < -0.4 is 10.0 Å². The molecule has 3 rings (SSSR count). The van der Waals surface area contributed by atoms with Gasteiger partial charge >= 0.3 is 0 Å². The van der Waals surface area contributed by atoms with Crippen molar-refractivity contribution in [2.75, 3.05) is 19.5 Å². The first kappa shape index (κ1) is 27.3. The molecule has 0 aromatic carbocycles. The molecule has 0 spiro atoms. The number of aromatic nitrogens is 1. The summed E-state index contributed by atoms with van der Waals surface area (Å²) in [6, 6.07) is 1.98. The molecule has 1 aliphatic heterocycles. The van der Waals surface area contributed by atoms with Gasteiger partial charge in [0.2, 0.25) is 10.0 Å². The Balaban J connectivity index is 1.49. The van der Waals surface area contributed by atoms with Gasteiger partial charge in [0.05, 0.1) is 30.5 Å². The minimum absolute atomic E-state index is 0.0243. The molecule has 0 amide bonds. The van der Waals surface area contributed by atoms with Crippen molar-refractivity contribution in [2.24, 2.45) is 0 Å². The highest BCUT2D eigenvalue weighted by atomic mass is 32.2. The average molecular weight is 500 g/mol. The lowest BCUT2D eigenvalue weighted by Gasteiger charge is -2.35. The van der Waals surface area contributed by atoms with Gasteiger partial charge in [-0.15, -0.1) is 0 Å². The fraction of sp³-hybridized carbons (Fsp3) is 0.833. The fourth-order valence-corrected chi connectivity index (χ4v) is 5.40. The van der Waals surface area contributed by atoms with Crippen LogP contribution in [0.25, 0.3) is 0 Å². The largest absolute Gasteiger partial charge is 0.361 e. The standard InChI is InChI=1S/C24H41N3O6S/c1-23(2,16-32-22-8-6-7-13-31-22)20-14-19(33-26-20)15-21(28)24(3,4)25-17-9-11-18(12-10-17)27-34(5,29)30/h14,17-18,22,25,27H,6-13,15-16H2,1-5H3. The quantitative estimate of drug-likeness (QED) is 0.477. The minimum Gasteiger partial charge on any atom is -0.361 e. The minimum atomic E-state index is -3.20. The van der Waals surface area contributed by atoms with Crippen LogP contribution in [0.3, 0.4) is 0 Å². The van der Waals surface area contributed by atoms with E-state index in [-0.39, 0.29) is 36.0 Å². The Morgan fingerprint density at radius 3 is 2.41 bits per heavy atom. The Hall–Kier alpha value is -1.33. The van der Waals surface area contributed by atoms with Crippen LogP contribution >= 0.6 is 0 Å². The molecule has 1 saturated carbocycles. The van der Waals surface area contributed by atoms with Gasteiger partial charge in [-0.3, -0.25) is 4.79 Å². The molecule has 10 heteroatoms. The number of sulfonamides is 1. The molecule has 194 valence electrons. The van der Waals surface area contributed by atoms with Crippen molar-refractivity contribution in [3.05, 3.63) is 17.5 Å². The summed E-state index contributed by atoms with van der Waals surface area (Å²) in [5.74, 6) is 0.564. The smallest absolute Gasteiger partial charge is 0.208 e. The second kappa shape index (κ2) is 11.2. The highest BCUT2D eigenvalue weighted by Crippen LogP contribution is 2.27. The molecule has 9 nitrogen and oxygen atoms in total. The number of carbonyl (C=O) groups is 1. The highest BCUT2D eigenvalue weighted by Gasteiger charge is 2.34. The zero-order valence-corrected chi connectivity index (χ0v) is 22.0. The maximum Gasteiger partial charge on any atom is 0.208 e. The second-order valence-corrected chi connectivity index (χ2v) is 12.8. The third-order valence-corrected chi connectivity index (χ3v) is 7.49. The number of hydrogen-bond donors (Lipinski definition) is 2. The lowest BCUT2D eigenvalue weighted by molar-refractivity contribution is -0.170. The Morgan fingerprint density at radius 1 is 1.12 bits per heavy atom. The third kappa shape index (κ3) is 8.12.